The number of imide groups is 1. The minimum absolute atomic E-state index is 0.0347. The number of rotatable bonds is 4. The van der Waals surface area contributed by atoms with E-state index >= 15 is 0 Å². The number of ether oxygens (including phenoxy) is 1. The zero-order chi connectivity index (χ0) is 17.5. The third-order valence-corrected chi connectivity index (χ3v) is 4.11. The molecular formula is C17H21FN2O4. The number of urea groups is 1. The first-order valence-electron chi connectivity index (χ1n) is 7.99. The van der Waals surface area contributed by atoms with E-state index in [4.69, 9.17) is 4.74 Å². The zero-order valence-electron chi connectivity index (χ0n) is 13.5. The molecule has 130 valence electrons. The van der Waals surface area contributed by atoms with E-state index in [2.05, 4.69) is 17.6 Å². The minimum Gasteiger partial charge on any atom is -0.452 e. The van der Waals surface area contributed by atoms with Crippen molar-refractivity contribution < 1.29 is 23.5 Å². The van der Waals surface area contributed by atoms with E-state index in [0.29, 0.717) is 5.92 Å². The molecule has 1 aromatic rings. The first-order chi connectivity index (χ1) is 11.5. The first kappa shape index (κ1) is 17.9. The lowest BCUT2D eigenvalue weighted by molar-refractivity contribution is -0.123. The van der Waals surface area contributed by atoms with Gasteiger partial charge in [-0.05, 0) is 30.9 Å². The van der Waals surface area contributed by atoms with Gasteiger partial charge < -0.3 is 10.1 Å². The summed E-state index contributed by atoms with van der Waals surface area (Å²) in [5.41, 5.74) is -0.259. The Labute approximate surface area is 139 Å². The van der Waals surface area contributed by atoms with E-state index in [9.17, 15) is 18.8 Å². The predicted octanol–water partition coefficient (Wildman–Crippen LogP) is 2.39. The zero-order valence-corrected chi connectivity index (χ0v) is 13.5. The molecule has 0 aromatic heterocycles. The van der Waals surface area contributed by atoms with Crippen LogP contribution in [0.15, 0.2) is 24.3 Å². The van der Waals surface area contributed by atoms with Crippen molar-refractivity contribution in [2.45, 2.75) is 38.6 Å². The minimum atomic E-state index is -0.954. The molecule has 1 aliphatic carbocycles. The number of benzene rings is 1. The highest BCUT2D eigenvalue weighted by Gasteiger charge is 2.23. The second-order valence-corrected chi connectivity index (χ2v) is 5.95. The smallest absolute Gasteiger partial charge is 0.341 e. The fourth-order valence-electron chi connectivity index (χ4n) is 2.73. The van der Waals surface area contributed by atoms with Crippen LogP contribution in [0.1, 0.15) is 43.0 Å². The Morgan fingerprint density at radius 3 is 2.62 bits per heavy atom. The maximum Gasteiger partial charge on any atom is 0.341 e. The Kier molecular flexibility index (Phi) is 6.28. The van der Waals surface area contributed by atoms with Crippen molar-refractivity contribution in [3.63, 3.8) is 0 Å². The van der Waals surface area contributed by atoms with Crippen molar-refractivity contribution in [1.82, 2.24) is 10.6 Å². The van der Waals surface area contributed by atoms with Crippen LogP contribution in [-0.4, -0.2) is 30.6 Å². The number of carbonyl (C=O) groups is 3. The number of amides is 3. The Morgan fingerprint density at radius 2 is 1.92 bits per heavy atom. The molecule has 0 heterocycles. The number of hydrogen-bond donors (Lipinski definition) is 2. The summed E-state index contributed by atoms with van der Waals surface area (Å²) >= 11 is 0. The van der Waals surface area contributed by atoms with Crippen LogP contribution in [0.5, 0.6) is 0 Å². The Bertz CT molecular complexity index is 620. The average Bonchev–Trinajstić information content (AvgIpc) is 2.55. The molecule has 24 heavy (non-hydrogen) atoms. The van der Waals surface area contributed by atoms with Gasteiger partial charge in [0.25, 0.3) is 5.91 Å². The highest BCUT2D eigenvalue weighted by molar-refractivity contribution is 5.97. The molecule has 3 amide bonds. The first-order valence-corrected chi connectivity index (χ1v) is 7.99. The topological polar surface area (TPSA) is 84.5 Å². The second kappa shape index (κ2) is 8.42. The van der Waals surface area contributed by atoms with Gasteiger partial charge in [-0.15, -0.1) is 0 Å². The van der Waals surface area contributed by atoms with Gasteiger partial charge in [0.1, 0.15) is 5.82 Å². The van der Waals surface area contributed by atoms with Crippen molar-refractivity contribution in [1.29, 1.82) is 0 Å². The Balaban J connectivity index is 1.75. The van der Waals surface area contributed by atoms with Crippen LogP contribution < -0.4 is 10.6 Å². The molecule has 1 aromatic carbocycles. The van der Waals surface area contributed by atoms with Gasteiger partial charge in [-0.1, -0.05) is 31.9 Å². The van der Waals surface area contributed by atoms with Crippen LogP contribution in [0.25, 0.3) is 0 Å². The number of halogens is 1. The van der Waals surface area contributed by atoms with Crippen LogP contribution in [0.3, 0.4) is 0 Å². The highest BCUT2D eigenvalue weighted by atomic mass is 19.1. The lowest BCUT2D eigenvalue weighted by Crippen LogP contribution is -2.48. The van der Waals surface area contributed by atoms with Crippen molar-refractivity contribution >= 4 is 17.9 Å². The summed E-state index contributed by atoms with van der Waals surface area (Å²) in [5, 5.41) is 4.87. The van der Waals surface area contributed by atoms with E-state index in [1.54, 1.807) is 0 Å². The molecule has 2 N–H and O–H groups in total. The van der Waals surface area contributed by atoms with E-state index in [-0.39, 0.29) is 11.6 Å². The molecule has 6 nitrogen and oxygen atoms in total. The van der Waals surface area contributed by atoms with Gasteiger partial charge >= 0.3 is 12.0 Å². The Morgan fingerprint density at radius 1 is 1.21 bits per heavy atom. The molecular weight excluding hydrogens is 315 g/mol. The molecule has 0 aliphatic heterocycles. The van der Waals surface area contributed by atoms with E-state index < -0.39 is 30.3 Å². The number of hydrogen-bond acceptors (Lipinski definition) is 4. The summed E-state index contributed by atoms with van der Waals surface area (Å²) in [6.07, 6.45) is 4.11. The monoisotopic (exact) mass is 336 g/mol. The molecule has 0 bridgehead atoms. The molecule has 1 aliphatic rings. The number of carbonyl (C=O) groups excluding carboxylic acids is 3. The lowest BCUT2D eigenvalue weighted by atomic mass is 9.86. The summed E-state index contributed by atoms with van der Waals surface area (Å²) in [6, 6.07) is 4.73. The molecule has 2 atom stereocenters. The van der Waals surface area contributed by atoms with E-state index in [1.165, 1.54) is 18.2 Å². The summed E-state index contributed by atoms with van der Waals surface area (Å²) in [7, 11) is 0. The molecule has 7 heteroatoms. The molecule has 2 rings (SSSR count). The fraction of sp³-hybridized carbons (Fsp3) is 0.471. The van der Waals surface area contributed by atoms with Gasteiger partial charge in [0.2, 0.25) is 0 Å². The van der Waals surface area contributed by atoms with Crippen LogP contribution >= 0.6 is 0 Å². The molecule has 0 radical (unpaired) electrons. The van der Waals surface area contributed by atoms with Crippen molar-refractivity contribution in [2.75, 3.05) is 6.61 Å². The molecule has 1 fully saturated rings. The van der Waals surface area contributed by atoms with Gasteiger partial charge in [0, 0.05) is 6.04 Å². The van der Waals surface area contributed by atoms with Crippen LogP contribution in [0.4, 0.5) is 9.18 Å². The molecule has 0 saturated heterocycles. The van der Waals surface area contributed by atoms with Crippen molar-refractivity contribution in [3.8, 4) is 0 Å². The van der Waals surface area contributed by atoms with Gasteiger partial charge in [0.05, 0.1) is 5.56 Å². The highest BCUT2D eigenvalue weighted by Crippen LogP contribution is 2.23. The lowest BCUT2D eigenvalue weighted by Gasteiger charge is -2.29. The van der Waals surface area contributed by atoms with Gasteiger partial charge in [0.15, 0.2) is 6.61 Å². The summed E-state index contributed by atoms with van der Waals surface area (Å²) in [5.74, 6) is -2.09. The van der Waals surface area contributed by atoms with Crippen LogP contribution in [-0.2, 0) is 9.53 Å². The second-order valence-electron chi connectivity index (χ2n) is 5.95. The number of esters is 1. The van der Waals surface area contributed by atoms with Crippen molar-refractivity contribution in [2.24, 2.45) is 5.92 Å². The SMILES string of the molecule is C[C@H]1CCCC[C@@H]1NC(=O)NC(=O)COC(=O)c1ccccc1F. The summed E-state index contributed by atoms with van der Waals surface area (Å²) in [6.45, 7) is 1.41. The average molecular weight is 336 g/mol. The number of nitrogens with one attached hydrogen (secondary N) is 2. The third-order valence-electron chi connectivity index (χ3n) is 4.11. The standard InChI is InChI=1S/C17H21FN2O4/c1-11-6-2-5-9-14(11)19-17(23)20-15(21)10-24-16(22)12-7-3-4-8-13(12)18/h3-4,7-8,11,14H,2,5-6,9-10H2,1H3,(H2,19,20,21,23)/t11-,14-/m0/s1. The normalized spacial score (nSPS) is 20.1. The largest absolute Gasteiger partial charge is 0.452 e. The van der Waals surface area contributed by atoms with Gasteiger partial charge in [-0.3, -0.25) is 10.1 Å². The molecule has 0 unspecified atom stereocenters. The summed E-state index contributed by atoms with van der Waals surface area (Å²) in [4.78, 5) is 35.1. The van der Waals surface area contributed by atoms with Crippen LogP contribution in [0, 0.1) is 11.7 Å². The summed E-state index contributed by atoms with van der Waals surface area (Å²) < 4.78 is 18.1. The quantitative estimate of drug-likeness (QED) is 0.827. The third kappa shape index (κ3) is 5.04. The molecule has 1 saturated carbocycles. The Hall–Kier alpha value is -2.44. The van der Waals surface area contributed by atoms with Crippen LogP contribution in [0.2, 0.25) is 0 Å². The fourth-order valence-corrected chi connectivity index (χ4v) is 2.73. The van der Waals surface area contributed by atoms with Crippen molar-refractivity contribution in [3.05, 3.63) is 35.6 Å². The van der Waals surface area contributed by atoms with Gasteiger partial charge in [-0.25, -0.2) is 14.0 Å². The maximum atomic E-state index is 13.4. The van der Waals surface area contributed by atoms with E-state index in [0.717, 1.165) is 31.7 Å². The predicted molar refractivity (Wildman–Crippen MR) is 84.8 cm³/mol. The maximum absolute atomic E-state index is 13.4. The van der Waals surface area contributed by atoms with E-state index in [1.807, 2.05) is 0 Å². The van der Waals surface area contributed by atoms with Gasteiger partial charge in [-0.2, -0.15) is 0 Å². The molecule has 0 spiro atoms.